The summed E-state index contributed by atoms with van der Waals surface area (Å²) in [6, 6.07) is 12.5. The van der Waals surface area contributed by atoms with Crippen LogP contribution in [0.2, 0.25) is 10.0 Å². The number of allylic oxidation sites excluding steroid dienone is 4. The molecule has 0 saturated heterocycles. The van der Waals surface area contributed by atoms with Crippen LogP contribution >= 0.6 is 23.2 Å². The highest BCUT2D eigenvalue weighted by Crippen LogP contribution is 2.27. The minimum atomic E-state index is -0.142. The fraction of sp³-hybridized carbons (Fsp3) is 0.333. The molecule has 27 heavy (non-hydrogen) atoms. The average Bonchev–Trinajstić information content (AvgIpc) is 2.54. The van der Waals surface area contributed by atoms with Crippen molar-refractivity contribution in [3.8, 4) is 0 Å². The van der Waals surface area contributed by atoms with E-state index < -0.39 is 0 Å². The van der Waals surface area contributed by atoms with E-state index in [4.69, 9.17) is 23.2 Å². The molecule has 2 aromatic carbocycles. The Labute approximate surface area is 173 Å². The van der Waals surface area contributed by atoms with E-state index in [1.165, 1.54) is 11.6 Å². The smallest absolute Gasteiger partial charge is 0.130 e. The van der Waals surface area contributed by atoms with Gasteiger partial charge in [-0.05, 0) is 60.6 Å². The first-order valence-corrected chi connectivity index (χ1v) is 9.94. The van der Waals surface area contributed by atoms with Gasteiger partial charge < -0.3 is 0 Å². The molecule has 0 fully saturated rings. The molecule has 0 nitrogen and oxygen atoms in total. The van der Waals surface area contributed by atoms with Crippen LogP contribution in [0.1, 0.15) is 52.7 Å². The number of rotatable bonds is 4. The van der Waals surface area contributed by atoms with Crippen molar-refractivity contribution in [3.63, 3.8) is 0 Å². The monoisotopic (exact) mass is 406 g/mol. The van der Waals surface area contributed by atoms with Crippen LogP contribution in [-0.4, -0.2) is 0 Å². The van der Waals surface area contributed by atoms with Gasteiger partial charge in [0.15, 0.2) is 0 Å². The maximum atomic E-state index is 13.2. The van der Waals surface area contributed by atoms with Crippen LogP contribution in [0.3, 0.4) is 0 Å². The molecule has 2 rings (SSSR count). The summed E-state index contributed by atoms with van der Waals surface area (Å²) in [5.74, 6) is 0.846. The molecule has 0 radical (unpaired) electrons. The highest BCUT2D eigenvalue weighted by Gasteiger charge is 2.03. The largest absolute Gasteiger partial charge is 0.206 e. The molecule has 3 heteroatoms. The molecule has 0 unspecified atom stereocenters. The summed E-state index contributed by atoms with van der Waals surface area (Å²) in [4.78, 5) is 0. The predicted octanol–water partition coefficient (Wildman–Crippen LogP) is 8.94. The zero-order chi connectivity index (χ0) is 20.6. The lowest BCUT2D eigenvalue weighted by atomic mass is 10.0. The second-order valence-corrected chi connectivity index (χ2v) is 8.14. The quantitative estimate of drug-likeness (QED) is 0.474. The van der Waals surface area contributed by atoms with Gasteiger partial charge in [0, 0.05) is 15.6 Å². The van der Waals surface area contributed by atoms with E-state index in [-0.39, 0.29) is 5.82 Å². The number of hydrogen-bond acceptors (Lipinski definition) is 0. The van der Waals surface area contributed by atoms with Gasteiger partial charge in [0.05, 0.1) is 0 Å². The summed E-state index contributed by atoms with van der Waals surface area (Å²) < 4.78 is 13.2. The SMILES string of the molecule is C/C(=C\C(C)C)c1ccc(Cl)cc1Cl.C/C(=C\C(C)C)c1ccccc1F. The molecule has 0 spiro atoms. The summed E-state index contributed by atoms with van der Waals surface area (Å²) >= 11 is 11.9. The van der Waals surface area contributed by atoms with Gasteiger partial charge in [0.2, 0.25) is 0 Å². The first-order chi connectivity index (χ1) is 12.6. The molecule has 0 aromatic heterocycles. The molecular weight excluding hydrogens is 378 g/mol. The normalized spacial score (nSPS) is 12.3. The van der Waals surface area contributed by atoms with E-state index in [1.54, 1.807) is 12.1 Å². The van der Waals surface area contributed by atoms with E-state index in [2.05, 4.69) is 46.8 Å². The molecule has 0 aliphatic carbocycles. The van der Waals surface area contributed by atoms with Gasteiger partial charge in [-0.2, -0.15) is 0 Å². The Morgan fingerprint density at radius 1 is 0.815 bits per heavy atom. The highest BCUT2D eigenvalue weighted by molar-refractivity contribution is 6.35. The topological polar surface area (TPSA) is 0 Å². The van der Waals surface area contributed by atoms with Crippen molar-refractivity contribution in [2.24, 2.45) is 11.8 Å². The Kier molecular flexibility index (Phi) is 9.83. The van der Waals surface area contributed by atoms with Gasteiger partial charge in [0.25, 0.3) is 0 Å². The lowest BCUT2D eigenvalue weighted by Crippen LogP contribution is -1.88. The van der Waals surface area contributed by atoms with Crippen LogP contribution in [0.4, 0.5) is 4.39 Å². The summed E-state index contributed by atoms with van der Waals surface area (Å²) in [5.41, 5.74) is 3.97. The van der Waals surface area contributed by atoms with Gasteiger partial charge in [-0.25, -0.2) is 4.39 Å². The van der Waals surface area contributed by atoms with Crippen molar-refractivity contribution in [2.75, 3.05) is 0 Å². The van der Waals surface area contributed by atoms with E-state index in [0.29, 0.717) is 27.4 Å². The molecule has 0 bridgehead atoms. The van der Waals surface area contributed by atoms with Crippen LogP contribution in [0, 0.1) is 17.7 Å². The summed E-state index contributed by atoms with van der Waals surface area (Å²) in [6.07, 6.45) is 4.26. The van der Waals surface area contributed by atoms with Crippen LogP contribution in [0.25, 0.3) is 11.1 Å². The fourth-order valence-corrected chi connectivity index (χ4v) is 3.33. The van der Waals surface area contributed by atoms with Crippen LogP contribution < -0.4 is 0 Å². The maximum Gasteiger partial charge on any atom is 0.130 e. The van der Waals surface area contributed by atoms with E-state index in [9.17, 15) is 4.39 Å². The predicted molar refractivity (Wildman–Crippen MR) is 120 cm³/mol. The zero-order valence-corrected chi connectivity index (χ0v) is 18.5. The molecular formula is C24H29Cl2F. The Bertz CT molecular complexity index is 802. The summed E-state index contributed by atoms with van der Waals surface area (Å²) in [7, 11) is 0. The minimum absolute atomic E-state index is 0.142. The second kappa shape index (κ2) is 11.3. The van der Waals surface area contributed by atoms with E-state index in [1.807, 2.05) is 31.2 Å². The third-order valence-corrected chi connectivity index (χ3v) is 4.37. The van der Waals surface area contributed by atoms with Crippen molar-refractivity contribution < 1.29 is 4.39 Å². The van der Waals surface area contributed by atoms with Gasteiger partial charge in [0.1, 0.15) is 5.82 Å². The third kappa shape index (κ3) is 8.32. The summed E-state index contributed by atoms with van der Waals surface area (Å²) in [6.45, 7) is 12.5. The molecule has 0 aliphatic heterocycles. The van der Waals surface area contributed by atoms with Crippen molar-refractivity contribution in [1.29, 1.82) is 0 Å². The van der Waals surface area contributed by atoms with Crippen LogP contribution in [-0.2, 0) is 0 Å². The average molecular weight is 407 g/mol. The molecule has 0 amide bonds. The molecule has 0 aliphatic rings. The lowest BCUT2D eigenvalue weighted by Gasteiger charge is -2.06. The molecule has 0 atom stereocenters. The Balaban J connectivity index is 0.000000271. The molecule has 0 heterocycles. The Morgan fingerprint density at radius 3 is 1.81 bits per heavy atom. The van der Waals surface area contributed by atoms with Crippen molar-refractivity contribution in [2.45, 2.75) is 41.5 Å². The van der Waals surface area contributed by atoms with Crippen molar-refractivity contribution in [3.05, 3.63) is 81.6 Å². The molecule has 0 N–H and O–H groups in total. The Hall–Kier alpha value is -1.57. The Morgan fingerprint density at radius 2 is 1.33 bits per heavy atom. The van der Waals surface area contributed by atoms with Gasteiger partial charge >= 0.3 is 0 Å². The second-order valence-electron chi connectivity index (χ2n) is 7.29. The molecule has 2 aromatic rings. The van der Waals surface area contributed by atoms with Crippen LogP contribution in [0.5, 0.6) is 0 Å². The summed E-state index contributed by atoms with van der Waals surface area (Å²) in [5, 5.41) is 1.39. The zero-order valence-electron chi connectivity index (χ0n) is 17.0. The van der Waals surface area contributed by atoms with E-state index in [0.717, 1.165) is 11.1 Å². The highest BCUT2D eigenvalue weighted by atomic mass is 35.5. The number of halogens is 3. The first-order valence-electron chi connectivity index (χ1n) is 9.19. The van der Waals surface area contributed by atoms with Crippen molar-refractivity contribution >= 4 is 34.3 Å². The molecule has 146 valence electrons. The van der Waals surface area contributed by atoms with Crippen molar-refractivity contribution in [1.82, 2.24) is 0 Å². The van der Waals surface area contributed by atoms with Gasteiger partial charge in [-0.3, -0.25) is 0 Å². The maximum absolute atomic E-state index is 13.2. The molecule has 0 saturated carbocycles. The van der Waals surface area contributed by atoms with Gasteiger partial charge in [-0.1, -0.05) is 87.3 Å². The van der Waals surface area contributed by atoms with Gasteiger partial charge in [-0.15, -0.1) is 0 Å². The first kappa shape index (κ1) is 23.5. The third-order valence-electron chi connectivity index (χ3n) is 3.82. The standard InChI is InChI=1S/C12H14Cl2.C12H15F/c1-8(2)6-9(3)11-5-4-10(13)7-12(11)14;1-9(2)8-10(3)11-6-4-5-7-12(11)13/h4-8H,1-3H3;4-9H,1-3H3/b9-6+;10-8+. The number of benzene rings is 2. The van der Waals surface area contributed by atoms with E-state index >= 15 is 0 Å². The van der Waals surface area contributed by atoms with Crippen LogP contribution in [0.15, 0.2) is 54.6 Å². The fourth-order valence-electron chi connectivity index (χ4n) is 2.77. The minimum Gasteiger partial charge on any atom is -0.206 e. The lowest BCUT2D eigenvalue weighted by molar-refractivity contribution is 0.623. The number of hydrogen-bond donors (Lipinski definition) is 0.